The molecule has 10 rings (SSSR count). The van der Waals surface area contributed by atoms with Gasteiger partial charge in [-0.25, -0.2) is 19.9 Å². The van der Waals surface area contributed by atoms with Crippen LogP contribution in [0, 0.1) is 0 Å². The van der Waals surface area contributed by atoms with Crippen molar-refractivity contribution in [3.8, 4) is 79.0 Å². The van der Waals surface area contributed by atoms with E-state index in [0.717, 1.165) is 83.4 Å². The van der Waals surface area contributed by atoms with E-state index in [1.807, 2.05) is 116 Å². The molecule has 258 valence electrons. The van der Waals surface area contributed by atoms with Crippen molar-refractivity contribution in [1.29, 1.82) is 0 Å². The molecule has 0 radical (unpaired) electrons. The molecule has 7 heteroatoms. The van der Waals surface area contributed by atoms with Crippen LogP contribution in [0.2, 0.25) is 0 Å². The lowest BCUT2D eigenvalue weighted by atomic mass is 9.94. The van der Waals surface area contributed by atoms with E-state index in [-0.39, 0.29) is 0 Å². The van der Waals surface area contributed by atoms with Crippen molar-refractivity contribution < 1.29 is 4.42 Å². The minimum Gasteiger partial charge on any atom is -0.455 e. The number of benzene rings is 5. The maximum absolute atomic E-state index is 6.85. The fourth-order valence-corrected chi connectivity index (χ4v) is 7.09. The molecule has 0 saturated carbocycles. The fourth-order valence-electron chi connectivity index (χ4n) is 7.09. The van der Waals surface area contributed by atoms with Gasteiger partial charge in [-0.05, 0) is 59.2 Å². The number of para-hydroxylation sites is 1. The first-order valence-corrected chi connectivity index (χ1v) is 18.0. The van der Waals surface area contributed by atoms with E-state index in [2.05, 4.69) is 64.6 Å². The third kappa shape index (κ3) is 5.99. The molecule has 0 amide bonds. The van der Waals surface area contributed by atoms with E-state index in [4.69, 9.17) is 24.4 Å². The van der Waals surface area contributed by atoms with Crippen LogP contribution in [0.3, 0.4) is 0 Å². The van der Waals surface area contributed by atoms with Crippen LogP contribution < -0.4 is 0 Å². The molecule has 0 N–H and O–H groups in total. The van der Waals surface area contributed by atoms with Gasteiger partial charge in [0.1, 0.15) is 11.3 Å². The molecule has 0 saturated heterocycles. The van der Waals surface area contributed by atoms with E-state index in [1.54, 1.807) is 12.4 Å². The monoisotopic (exact) mass is 706 g/mol. The van der Waals surface area contributed by atoms with E-state index in [9.17, 15) is 0 Å². The van der Waals surface area contributed by atoms with Crippen LogP contribution in [0.5, 0.6) is 0 Å². The normalized spacial score (nSPS) is 11.3. The minimum absolute atomic E-state index is 0.615. The van der Waals surface area contributed by atoms with Crippen LogP contribution >= 0.6 is 0 Å². The average Bonchev–Trinajstić information content (AvgIpc) is 3.69. The second-order valence-electron chi connectivity index (χ2n) is 13.2. The Morgan fingerprint density at radius 2 is 0.873 bits per heavy atom. The average molecular weight is 707 g/mol. The first-order chi connectivity index (χ1) is 27.3. The maximum Gasteiger partial charge on any atom is 0.164 e. The zero-order valence-electron chi connectivity index (χ0n) is 29.4. The van der Waals surface area contributed by atoms with Crippen LogP contribution in [-0.2, 0) is 0 Å². The number of hydrogen-bond acceptors (Lipinski definition) is 7. The molecule has 0 bridgehead atoms. The van der Waals surface area contributed by atoms with Crippen molar-refractivity contribution in [3.63, 3.8) is 0 Å². The van der Waals surface area contributed by atoms with Crippen LogP contribution in [0.4, 0.5) is 0 Å². The number of fused-ring (bicyclic) bond motifs is 3. The Labute approximate surface area is 316 Å². The molecule has 0 unspecified atom stereocenters. The molecule has 0 aliphatic carbocycles. The summed E-state index contributed by atoms with van der Waals surface area (Å²) >= 11 is 0. The molecule has 5 heterocycles. The van der Waals surface area contributed by atoms with Gasteiger partial charge in [0, 0.05) is 63.6 Å². The highest BCUT2D eigenvalue weighted by atomic mass is 16.3. The lowest BCUT2D eigenvalue weighted by Gasteiger charge is -2.11. The second-order valence-corrected chi connectivity index (χ2v) is 13.2. The van der Waals surface area contributed by atoms with Gasteiger partial charge in [0.05, 0.1) is 16.6 Å². The van der Waals surface area contributed by atoms with E-state index in [0.29, 0.717) is 17.5 Å². The van der Waals surface area contributed by atoms with Crippen LogP contribution in [0.15, 0.2) is 187 Å². The van der Waals surface area contributed by atoms with E-state index in [1.165, 1.54) is 0 Å². The number of rotatable bonds is 7. The van der Waals surface area contributed by atoms with Crippen molar-refractivity contribution in [1.82, 2.24) is 29.9 Å². The van der Waals surface area contributed by atoms with Crippen molar-refractivity contribution in [3.05, 3.63) is 183 Å². The van der Waals surface area contributed by atoms with Crippen LogP contribution in [0.25, 0.3) is 101 Å². The number of nitrogens with zero attached hydrogens (tertiary/aromatic N) is 6. The minimum atomic E-state index is 0.615. The van der Waals surface area contributed by atoms with Gasteiger partial charge in [0.25, 0.3) is 0 Å². The van der Waals surface area contributed by atoms with Gasteiger partial charge in [-0.2, -0.15) is 0 Å². The molecule has 55 heavy (non-hydrogen) atoms. The van der Waals surface area contributed by atoms with Crippen molar-refractivity contribution in [2.45, 2.75) is 0 Å². The molecular formula is C48H30N6O. The van der Waals surface area contributed by atoms with Gasteiger partial charge in [0.2, 0.25) is 0 Å². The molecule has 0 atom stereocenters. The summed E-state index contributed by atoms with van der Waals surface area (Å²) in [6.45, 7) is 0. The number of furan rings is 1. The van der Waals surface area contributed by atoms with E-state index < -0.39 is 0 Å². The van der Waals surface area contributed by atoms with Crippen molar-refractivity contribution in [2.75, 3.05) is 0 Å². The molecule has 7 nitrogen and oxygen atoms in total. The van der Waals surface area contributed by atoms with E-state index >= 15 is 0 Å². The summed E-state index contributed by atoms with van der Waals surface area (Å²) in [5, 5.41) is 1.90. The molecule has 0 fully saturated rings. The summed E-state index contributed by atoms with van der Waals surface area (Å²) in [5.74, 6) is 2.64. The quantitative estimate of drug-likeness (QED) is 0.163. The van der Waals surface area contributed by atoms with Crippen LogP contribution in [0.1, 0.15) is 0 Å². The molecular weight excluding hydrogens is 677 g/mol. The highest BCUT2D eigenvalue weighted by Gasteiger charge is 2.24. The lowest BCUT2D eigenvalue weighted by Crippen LogP contribution is -2.00. The third-order valence-corrected chi connectivity index (χ3v) is 9.75. The highest BCUT2D eigenvalue weighted by molar-refractivity contribution is 6.16. The lowest BCUT2D eigenvalue weighted by molar-refractivity contribution is 0.635. The maximum atomic E-state index is 6.85. The summed E-state index contributed by atoms with van der Waals surface area (Å²) in [6, 6.07) is 53.1. The first-order valence-electron chi connectivity index (χ1n) is 18.0. The van der Waals surface area contributed by atoms with Gasteiger partial charge >= 0.3 is 0 Å². The van der Waals surface area contributed by atoms with Gasteiger partial charge in [0.15, 0.2) is 17.5 Å². The smallest absolute Gasteiger partial charge is 0.164 e. The Balaban J connectivity index is 1.10. The van der Waals surface area contributed by atoms with Crippen molar-refractivity contribution in [2.24, 2.45) is 0 Å². The van der Waals surface area contributed by atoms with Gasteiger partial charge < -0.3 is 4.42 Å². The van der Waals surface area contributed by atoms with Crippen molar-refractivity contribution >= 4 is 21.9 Å². The molecule has 5 aromatic carbocycles. The Hall–Kier alpha value is -7.64. The standard InChI is InChI=1S/C48H30N6O/c1-3-10-34(11-4-1)46-52-47(35-12-5-2-6-13-35)54-48(53-46)36-20-18-31(19-21-36)37-14-9-15-38(30-37)43-42-41(32-22-26-49-27-23-32)44(33-24-28-50-29-25-33)55-45(42)39-16-7-8-17-40(39)51-43/h1-30H. The topological polar surface area (TPSA) is 90.5 Å². The van der Waals surface area contributed by atoms with Gasteiger partial charge in [-0.3, -0.25) is 9.97 Å². The zero-order chi connectivity index (χ0) is 36.6. The molecule has 10 aromatic rings. The Morgan fingerprint density at radius 3 is 1.51 bits per heavy atom. The predicted octanol–water partition coefficient (Wildman–Crippen LogP) is 11.6. The number of aromatic nitrogens is 6. The van der Waals surface area contributed by atoms with Gasteiger partial charge in [-0.1, -0.05) is 115 Å². The number of pyridine rings is 3. The summed E-state index contributed by atoms with van der Waals surface area (Å²) in [4.78, 5) is 28.6. The summed E-state index contributed by atoms with van der Waals surface area (Å²) < 4.78 is 6.85. The first kappa shape index (κ1) is 32.0. The molecule has 0 aliphatic rings. The summed E-state index contributed by atoms with van der Waals surface area (Å²) in [7, 11) is 0. The summed E-state index contributed by atoms with van der Waals surface area (Å²) in [6.07, 6.45) is 7.20. The Bertz CT molecular complexity index is 2890. The zero-order valence-corrected chi connectivity index (χ0v) is 29.4. The fraction of sp³-hybridized carbons (Fsp3) is 0. The van der Waals surface area contributed by atoms with Crippen LogP contribution in [-0.4, -0.2) is 29.9 Å². The van der Waals surface area contributed by atoms with Gasteiger partial charge in [-0.15, -0.1) is 0 Å². The molecule has 5 aromatic heterocycles. The second kappa shape index (κ2) is 13.7. The Kier molecular flexibility index (Phi) is 8.00. The molecule has 0 spiro atoms. The predicted molar refractivity (Wildman–Crippen MR) is 219 cm³/mol. The summed E-state index contributed by atoms with van der Waals surface area (Å²) in [5.41, 5.74) is 11.3. The Morgan fingerprint density at radius 1 is 0.364 bits per heavy atom. The number of hydrogen-bond donors (Lipinski definition) is 0. The third-order valence-electron chi connectivity index (χ3n) is 9.75. The highest BCUT2D eigenvalue weighted by Crippen LogP contribution is 2.46. The SMILES string of the molecule is c1ccc(-c2nc(-c3ccccc3)nc(-c3ccc(-c4cccc(-c5nc6ccccc6c6oc(-c7ccncc7)c(-c7ccncc7)c56)c4)cc3)n2)cc1. The molecule has 0 aliphatic heterocycles. The largest absolute Gasteiger partial charge is 0.455 e.